The predicted molar refractivity (Wildman–Crippen MR) is 69.5 cm³/mol. The summed E-state index contributed by atoms with van der Waals surface area (Å²) in [4.78, 5) is 12.6. The molecule has 0 saturated carbocycles. The summed E-state index contributed by atoms with van der Waals surface area (Å²) in [6, 6.07) is 7.15. The normalized spacial score (nSPS) is 10.4. The number of aryl methyl sites for hydroxylation is 1. The van der Waals surface area contributed by atoms with Crippen molar-refractivity contribution in [1.29, 1.82) is 0 Å². The number of esters is 1. The third kappa shape index (κ3) is 3.75. The van der Waals surface area contributed by atoms with Gasteiger partial charge in [-0.15, -0.1) is 10.2 Å². The maximum absolute atomic E-state index is 11.2. The third-order valence-corrected chi connectivity index (χ3v) is 2.63. The number of rotatable bonds is 5. The molecule has 0 aliphatic rings. The molecule has 0 fully saturated rings. The first-order valence-corrected chi connectivity index (χ1v) is 6.26. The highest BCUT2D eigenvalue weighted by atomic mass is 35.5. The van der Waals surface area contributed by atoms with E-state index in [4.69, 9.17) is 16.3 Å². The third-order valence-electron chi connectivity index (χ3n) is 2.38. The lowest BCUT2D eigenvalue weighted by molar-refractivity contribution is -0.143. The highest BCUT2D eigenvalue weighted by Gasteiger charge is 2.08. The number of halogens is 1. The molecular formula is C12H13ClN4O2. The lowest BCUT2D eigenvalue weighted by Gasteiger charge is -1.99. The monoisotopic (exact) mass is 280 g/mol. The molecule has 1 heterocycles. The van der Waals surface area contributed by atoms with Crippen LogP contribution in [0.15, 0.2) is 24.3 Å². The van der Waals surface area contributed by atoms with E-state index in [1.165, 1.54) is 4.80 Å². The van der Waals surface area contributed by atoms with E-state index >= 15 is 0 Å². The zero-order valence-corrected chi connectivity index (χ0v) is 11.2. The second-order valence-electron chi connectivity index (χ2n) is 3.77. The molecule has 0 spiro atoms. The van der Waals surface area contributed by atoms with Gasteiger partial charge in [0, 0.05) is 10.6 Å². The molecule has 0 atom stereocenters. The molecule has 0 bridgehead atoms. The Morgan fingerprint density at radius 2 is 2.11 bits per heavy atom. The Labute approximate surface area is 115 Å². The van der Waals surface area contributed by atoms with Gasteiger partial charge in [-0.25, -0.2) is 0 Å². The van der Waals surface area contributed by atoms with Gasteiger partial charge >= 0.3 is 5.97 Å². The van der Waals surface area contributed by atoms with Crippen molar-refractivity contribution in [1.82, 2.24) is 20.2 Å². The summed E-state index contributed by atoms with van der Waals surface area (Å²) in [5.41, 5.74) is 0.826. The molecular weight excluding hydrogens is 268 g/mol. The van der Waals surface area contributed by atoms with Gasteiger partial charge in [0.15, 0.2) is 0 Å². The summed E-state index contributed by atoms with van der Waals surface area (Å²) in [7, 11) is 0. The first-order chi connectivity index (χ1) is 9.19. The largest absolute Gasteiger partial charge is 0.466 e. The van der Waals surface area contributed by atoms with E-state index in [1.54, 1.807) is 19.1 Å². The number of hydrogen-bond donors (Lipinski definition) is 0. The summed E-state index contributed by atoms with van der Waals surface area (Å²) in [6.45, 7) is 2.49. The van der Waals surface area contributed by atoms with Crippen molar-refractivity contribution < 1.29 is 9.53 Å². The van der Waals surface area contributed by atoms with Crippen LogP contribution in [0.25, 0.3) is 11.4 Å². The molecule has 2 rings (SSSR count). The molecule has 2 aromatic rings. The number of nitrogens with zero attached hydrogens (tertiary/aromatic N) is 4. The maximum Gasteiger partial charge on any atom is 0.307 e. The number of ether oxygens (including phenoxy) is 1. The molecule has 100 valence electrons. The van der Waals surface area contributed by atoms with Gasteiger partial charge in [-0.3, -0.25) is 4.79 Å². The van der Waals surface area contributed by atoms with Crippen LogP contribution in [0.1, 0.15) is 13.3 Å². The topological polar surface area (TPSA) is 69.9 Å². The highest BCUT2D eigenvalue weighted by Crippen LogP contribution is 2.16. The second kappa shape index (κ2) is 6.29. The fourth-order valence-corrected chi connectivity index (χ4v) is 1.60. The Hall–Kier alpha value is -1.95. The zero-order valence-electron chi connectivity index (χ0n) is 10.4. The Bertz CT molecular complexity index is 553. The highest BCUT2D eigenvalue weighted by molar-refractivity contribution is 6.30. The van der Waals surface area contributed by atoms with Gasteiger partial charge < -0.3 is 4.74 Å². The van der Waals surface area contributed by atoms with E-state index in [9.17, 15) is 4.79 Å². The minimum Gasteiger partial charge on any atom is -0.466 e. The molecule has 0 unspecified atom stereocenters. The predicted octanol–water partition coefficient (Wildman–Crippen LogP) is 1.95. The molecule has 0 saturated heterocycles. The Morgan fingerprint density at radius 1 is 1.37 bits per heavy atom. The maximum atomic E-state index is 11.2. The van der Waals surface area contributed by atoms with Crippen LogP contribution in [0.3, 0.4) is 0 Å². The smallest absolute Gasteiger partial charge is 0.307 e. The number of carbonyl (C=O) groups excluding carboxylic acids is 1. The fourth-order valence-electron chi connectivity index (χ4n) is 1.48. The van der Waals surface area contributed by atoms with Crippen molar-refractivity contribution in [2.75, 3.05) is 6.61 Å². The Morgan fingerprint density at radius 3 is 2.79 bits per heavy atom. The minimum absolute atomic E-state index is 0.226. The molecule has 7 heteroatoms. The van der Waals surface area contributed by atoms with E-state index in [2.05, 4.69) is 15.4 Å². The molecule has 0 radical (unpaired) electrons. The molecule has 19 heavy (non-hydrogen) atoms. The average molecular weight is 281 g/mol. The van der Waals surface area contributed by atoms with Crippen LogP contribution in [0.2, 0.25) is 5.02 Å². The minimum atomic E-state index is -0.271. The molecule has 0 N–H and O–H groups in total. The summed E-state index contributed by atoms with van der Waals surface area (Å²) in [5.74, 6) is 0.230. The molecule has 0 aliphatic heterocycles. The number of aromatic nitrogens is 4. The van der Waals surface area contributed by atoms with Gasteiger partial charge in [0.05, 0.1) is 19.6 Å². The number of carbonyl (C=O) groups is 1. The average Bonchev–Trinajstić information content (AvgIpc) is 2.86. The molecule has 0 amide bonds. The van der Waals surface area contributed by atoms with Gasteiger partial charge in [-0.2, -0.15) is 4.80 Å². The van der Waals surface area contributed by atoms with Crippen molar-refractivity contribution in [3.05, 3.63) is 29.3 Å². The van der Waals surface area contributed by atoms with Crippen LogP contribution < -0.4 is 0 Å². The first-order valence-electron chi connectivity index (χ1n) is 5.88. The van der Waals surface area contributed by atoms with Gasteiger partial charge in [0.1, 0.15) is 0 Å². The van der Waals surface area contributed by atoms with E-state index in [1.807, 2.05) is 12.1 Å². The van der Waals surface area contributed by atoms with Crippen molar-refractivity contribution in [2.45, 2.75) is 19.9 Å². The Balaban J connectivity index is 1.99. The van der Waals surface area contributed by atoms with Crippen molar-refractivity contribution in [3.8, 4) is 11.4 Å². The zero-order chi connectivity index (χ0) is 13.7. The number of tetrazole rings is 1. The van der Waals surface area contributed by atoms with Crippen molar-refractivity contribution in [3.63, 3.8) is 0 Å². The fraction of sp³-hybridized carbons (Fsp3) is 0.333. The van der Waals surface area contributed by atoms with E-state index < -0.39 is 0 Å². The molecule has 1 aromatic heterocycles. The van der Waals surface area contributed by atoms with Crippen LogP contribution in [-0.4, -0.2) is 32.8 Å². The van der Waals surface area contributed by atoms with Gasteiger partial charge in [0.2, 0.25) is 5.82 Å². The van der Waals surface area contributed by atoms with Crippen molar-refractivity contribution in [2.24, 2.45) is 0 Å². The van der Waals surface area contributed by atoms with Gasteiger partial charge in [-0.1, -0.05) is 11.6 Å². The van der Waals surface area contributed by atoms with E-state index in [0.29, 0.717) is 24.0 Å². The van der Waals surface area contributed by atoms with Crippen LogP contribution in [0.4, 0.5) is 0 Å². The summed E-state index contributed by atoms with van der Waals surface area (Å²) in [6.07, 6.45) is 0.226. The summed E-state index contributed by atoms with van der Waals surface area (Å²) in [5, 5.41) is 12.6. The van der Waals surface area contributed by atoms with E-state index in [-0.39, 0.29) is 12.4 Å². The number of benzene rings is 1. The van der Waals surface area contributed by atoms with Crippen LogP contribution in [0.5, 0.6) is 0 Å². The number of hydrogen-bond acceptors (Lipinski definition) is 5. The lowest BCUT2D eigenvalue weighted by Crippen LogP contribution is -2.11. The molecule has 0 aliphatic carbocycles. The second-order valence-corrected chi connectivity index (χ2v) is 4.21. The van der Waals surface area contributed by atoms with E-state index in [0.717, 1.165) is 5.56 Å². The van der Waals surface area contributed by atoms with Gasteiger partial charge in [-0.05, 0) is 36.4 Å². The Kier molecular flexibility index (Phi) is 4.46. The lowest BCUT2D eigenvalue weighted by atomic mass is 10.2. The summed E-state index contributed by atoms with van der Waals surface area (Å²) >= 11 is 5.81. The first kappa shape index (κ1) is 13.5. The van der Waals surface area contributed by atoms with Crippen LogP contribution >= 0.6 is 11.6 Å². The summed E-state index contributed by atoms with van der Waals surface area (Å²) < 4.78 is 4.83. The molecule has 6 nitrogen and oxygen atoms in total. The molecule has 1 aromatic carbocycles. The standard InChI is InChI=1S/C12H13ClN4O2/c1-2-19-11(18)7-8-17-15-12(14-16-17)9-3-5-10(13)6-4-9/h3-6H,2,7-8H2,1H3. The van der Waals surface area contributed by atoms with Gasteiger partial charge in [0.25, 0.3) is 0 Å². The van der Waals surface area contributed by atoms with Crippen LogP contribution in [0, 0.1) is 0 Å². The SMILES string of the molecule is CCOC(=O)CCn1nnc(-c2ccc(Cl)cc2)n1. The van der Waals surface area contributed by atoms with Crippen LogP contribution in [-0.2, 0) is 16.1 Å². The van der Waals surface area contributed by atoms with Crippen molar-refractivity contribution >= 4 is 17.6 Å². The quantitative estimate of drug-likeness (QED) is 0.783.